The number of rotatable bonds is 15. The number of carbonyl (C=O) groups excluding carboxylic acids is 3. The Hall–Kier alpha value is -3.46. The molecule has 0 radical (unpaired) electrons. The van der Waals surface area contributed by atoms with Crippen LogP contribution in [0.4, 0.5) is 0 Å². The molecule has 0 aliphatic rings. The fraction of sp³-hybridized carbons (Fsp3) is 0.647. The normalized spacial score (nSPS) is 14.2. The Kier molecular flexibility index (Phi) is 13.0. The van der Waals surface area contributed by atoms with E-state index < -0.39 is 66.9 Å². The Morgan fingerprint density at radius 1 is 0.875 bits per heavy atom. The van der Waals surface area contributed by atoms with E-state index in [1.54, 1.807) is 0 Å². The molecule has 12 N–H and O–H groups in total. The molecule has 4 unspecified atom stereocenters. The summed E-state index contributed by atoms with van der Waals surface area (Å²) in [5.74, 6) is -5.43. The highest BCUT2D eigenvalue weighted by Crippen LogP contribution is 2.04. The Balaban J connectivity index is 5.36. The van der Waals surface area contributed by atoms with Crippen molar-refractivity contribution in [1.82, 2.24) is 16.0 Å². The molecule has 4 atom stereocenters. The van der Waals surface area contributed by atoms with Crippen LogP contribution in [0.15, 0.2) is 4.99 Å². The van der Waals surface area contributed by atoms with E-state index in [1.807, 2.05) is 0 Å². The first kappa shape index (κ1) is 28.5. The van der Waals surface area contributed by atoms with Gasteiger partial charge in [-0.2, -0.15) is 0 Å². The molecule has 0 rings (SSSR count). The van der Waals surface area contributed by atoms with E-state index in [0.29, 0.717) is 0 Å². The van der Waals surface area contributed by atoms with Crippen molar-refractivity contribution >= 4 is 35.6 Å². The third kappa shape index (κ3) is 11.7. The van der Waals surface area contributed by atoms with Crippen molar-refractivity contribution in [3.05, 3.63) is 0 Å². The highest BCUT2D eigenvalue weighted by Gasteiger charge is 2.29. The lowest BCUT2D eigenvalue weighted by atomic mass is 10.1. The van der Waals surface area contributed by atoms with Crippen LogP contribution in [0.3, 0.4) is 0 Å². The van der Waals surface area contributed by atoms with Gasteiger partial charge in [0.1, 0.15) is 18.1 Å². The number of aliphatic hydroxyl groups is 1. The van der Waals surface area contributed by atoms with Gasteiger partial charge >= 0.3 is 11.9 Å². The second-order valence-corrected chi connectivity index (χ2v) is 6.87. The van der Waals surface area contributed by atoms with E-state index in [1.165, 1.54) is 6.92 Å². The second kappa shape index (κ2) is 14.5. The lowest BCUT2D eigenvalue weighted by Crippen LogP contribution is -2.57. The van der Waals surface area contributed by atoms with Gasteiger partial charge in [0.25, 0.3) is 0 Å². The predicted molar refractivity (Wildman–Crippen MR) is 111 cm³/mol. The maximum atomic E-state index is 12.6. The highest BCUT2D eigenvalue weighted by molar-refractivity contribution is 5.94. The second-order valence-electron chi connectivity index (χ2n) is 6.87. The van der Waals surface area contributed by atoms with Gasteiger partial charge in [0.15, 0.2) is 5.96 Å². The monoisotopic (exact) mass is 461 g/mol. The van der Waals surface area contributed by atoms with E-state index in [9.17, 15) is 34.2 Å². The van der Waals surface area contributed by atoms with E-state index in [-0.39, 0.29) is 31.8 Å². The highest BCUT2D eigenvalue weighted by atomic mass is 16.4. The molecule has 182 valence electrons. The van der Waals surface area contributed by atoms with E-state index >= 15 is 0 Å². The number of guanidine groups is 1. The number of aliphatic carboxylic acids is 2. The van der Waals surface area contributed by atoms with Crippen molar-refractivity contribution in [3.8, 4) is 0 Å². The van der Waals surface area contributed by atoms with Crippen LogP contribution in [0, 0.1) is 0 Å². The lowest BCUT2D eigenvalue weighted by Gasteiger charge is -2.24. The van der Waals surface area contributed by atoms with Crippen molar-refractivity contribution in [2.24, 2.45) is 22.2 Å². The number of carboxylic acid groups (broad SMARTS) is 2. The average Bonchev–Trinajstić information content (AvgIpc) is 2.70. The number of carbonyl (C=O) groups is 5. The van der Waals surface area contributed by atoms with Crippen LogP contribution in [-0.2, 0) is 24.0 Å². The van der Waals surface area contributed by atoms with Gasteiger partial charge in [0.2, 0.25) is 17.7 Å². The molecule has 0 fully saturated rings. The molecule has 0 aliphatic heterocycles. The Morgan fingerprint density at radius 2 is 1.41 bits per heavy atom. The minimum absolute atomic E-state index is 0.0288. The lowest BCUT2D eigenvalue weighted by molar-refractivity contribution is -0.143. The van der Waals surface area contributed by atoms with Gasteiger partial charge in [-0.25, -0.2) is 4.79 Å². The Labute approximate surface area is 183 Å². The smallest absolute Gasteiger partial charge is 0.326 e. The zero-order valence-corrected chi connectivity index (χ0v) is 17.6. The number of aliphatic hydroxyl groups excluding tert-OH is 1. The van der Waals surface area contributed by atoms with Gasteiger partial charge in [-0.15, -0.1) is 0 Å². The Morgan fingerprint density at radius 3 is 1.88 bits per heavy atom. The number of hydrogen-bond acceptors (Lipinski definition) is 8. The molecule has 0 saturated carbocycles. The van der Waals surface area contributed by atoms with Crippen LogP contribution < -0.4 is 33.2 Å². The molecule has 32 heavy (non-hydrogen) atoms. The first-order valence-electron chi connectivity index (χ1n) is 9.66. The summed E-state index contributed by atoms with van der Waals surface area (Å²) in [6.07, 6.45) is -0.707. The number of aliphatic imine (C=N–C) groups is 1. The summed E-state index contributed by atoms with van der Waals surface area (Å²) in [5.41, 5.74) is 15.9. The summed E-state index contributed by atoms with van der Waals surface area (Å²) in [5, 5.41) is 34.1. The minimum atomic E-state index is -1.51. The first-order chi connectivity index (χ1) is 14.9. The third-order valence-corrected chi connectivity index (χ3v) is 4.07. The molecule has 0 aromatic rings. The van der Waals surface area contributed by atoms with Crippen molar-refractivity contribution in [1.29, 1.82) is 0 Å². The molecule has 0 saturated heterocycles. The third-order valence-electron chi connectivity index (χ3n) is 4.07. The summed E-state index contributed by atoms with van der Waals surface area (Å²) < 4.78 is 0. The number of amides is 3. The first-order valence-corrected chi connectivity index (χ1v) is 9.66. The molecule has 0 aliphatic carbocycles. The standard InChI is InChI=1S/C17H31N7O8/c1-8(18)13(28)24-11(7-25)15(30)22-9(3-2-6-21-17(19)20)14(29)23-10(16(31)32)4-5-12(26)27/h8-11,25H,2-7,18H2,1H3,(H,22,30)(H,23,29)(H,24,28)(H,26,27)(H,31,32)(H4,19,20,21). The van der Waals surface area contributed by atoms with Crippen molar-refractivity contribution in [2.45, 2.75) is 56.8 Å². The summed E-state index contributed by atoms with van der Waals surface area (Å²) in [7, 11) is 0. The zero-order valence-electron chi connectivity index (χ0n) is 17.6. The number of nitrogens with zero attached hydrogens (tertiary/aromatic N) is 1. The van der Waals surface area contributed by atoms with Crippen LogP contribution in [0.2, 0.25) is 0 Å². The fourth-order valence-electron chi connectivity index (χ4n) is 2.34. The molecule has 0 aromatic carbocycles. The van der Waals surface area contributed by atoms with Crippen LogP contribution in [0.25, 0.3) is 0 Å². The van der Waals surface area contributed by atoms with Gasteiger partial charge in [-0.3, -0.25) is 24.2 Å². The summed E-state index contributed by atoms with van der Waals surface area (Å²) in [6, 6.07) is -5.17. The summed E-state index contributed by atoms with van der Waals surface area (Å²) >= 11 is 0. The maximum Gasteiger partial charge on any atom is 0.326 e. The van der Waals surface area contributed by atoms with Crippen LogP contribution in [0.5, 0.6) is 0 Å². The molecule has 0 heterocycles. The van der Waals surface area contributed by atoms with Crippen molar-refractivity contribution in [2.75, 3.05) is 13.2 Å². The molecule has 0 aromatic heterocycles. The number of nitrogens with two attached hydrogens (primary N) is 3. The van der Waals surface area contributed by atoms with E-state index in [4.69, 9.17) is 22.3 Å². The summed E-state index contributed by atoms with van der Waals surface area (Å²) in [6.45, 7) is 0.682. The van der Waals surface area contributed by atoms with E-state index in [0.717, 1.165) is 0 Å². The predicted octanol–water partition coefficient (Wildman–Crippen LogP) is -4.22. The quantitative estimate of drug-likeness (QED) is 0.0640. The minimum Gasteiger partial charge on any atom is -0.481 e. The number of hydrogen-bond donors (Lipinski definition) is 9. The molecular weight excluding hydrogens is 430 g/mol. The fourth-order valence-corrected chi connectivity index (χ4v) is 2.34. The van der Waals surface area contributed by atoms with Crippen molar-refractivity contribution < 1.29 is 39.3 Å². The topological polar surface area (TPSA) is 273 Å². The largest absolute Gasteiger partial charge is 0.481 e. The molecule has 15 heteroatoms. The molecule has 0 spiro atoms. The van der Waals surface area contributed by atoms with Gasteiger partial charge in [0, 0.05) is 13.0 Å². The van der Waals surface area contributed by atoms with Crippen molar-refractivity contribution in [3.63, 3.8) is 0 Å². The Bertz CT molecular complexity index is 709. The summed E-state index contributed by atoms with van der Waals surface area (Å²) in [4.78, 5) is 62.5. The van der Waals surface area contributed by atoms with Crippen LogP contribution >= 0.6 is 0 Å². The van der Waals surface area contributed by atoms with Gasteiger partial charge in [-0.1, -0.05) is 0 Å². The van der Waals surface area contributed by atoms with E-state index in [2.05, 4.69) is 20.9 Å². The number of nitrogens with one attached hydrogen (secondary N) is 3. The maximum absolute atomic E-state index is 12.6. The molecular formula is C17H31N7O8. The molecule has 0 bridgehead atoms. The van der Waals surface area contributed by atoms with Gasteiger partial charge < -0.3 is 48.5 Å². The average molecular weight is 461 g/mol. The van der Waals surface area contributed by atoms with Crippen LogP contribution in [0.1, 0.15) is 32.6 Å². The van der Waals surface area contributed by atoms with Gasteiger partial charge in [-0.05, 0) is 26.2 Å². The van der Waals surface area contributed by atoms with Gasteiger partial charge in [0.05, 0.1) is 12.6 Å². The SMILES string of the molecule is CC(N)C(=O)NC(CO)C(=O)NC(CCCN=C(N)N)C(=O)NC(CCC(=O)O)C(=O)O. The molecule has 15 nitrogen and oxygen atoms in total. The molecule has 3 amide bonds. The number of carboxylic acids is 2. The zero-order chi connectivity index (χ0) is 24.8. The van der Waals surface area contributed by atoms with Crippen LogP contribution in [-0.4, -0.2) is 88.3 Å².